The molecule has 1 heterocycles. The van der Waals surface area contributed by atoms with E-state index in [0.29, 0.717) is 0 Å². The van der Waals surface area contributed by atoms with Gasteiger partial charge in [-0.05, 0) is 36.6 Å². The number of carbonyl (C=O) groups is 1. The van der Waals surface area contributed by atoms with Crippen LogP contribution in [0.15, 0.2) is 16.6 Å². The molecule has 4 heteroatoms. The summed E-state index contributed by atoms with van der Waals surface area (Å²) < 4.78 is 0.980. The Hall–Kier alpha value is -0.870. The van der Waals surface area contributed by atoms with Gasteiger partial charge in [0.15, 0.2) is 0 Å². The average Bonchev–Trinajstić information content (AvgIpc) is 2.52. The Morgan fingerprint density at radius 1 is 1.56 bits per heavy atom. The maximum Gasteiger partial charge on any atom is 0.232 e. The highest BCUT2D eigenvalue weighted by molar-refractivity contribution is 9.10. The molecule has 2 unspecified atom stereocenters. The molecule has 1 aromatic carbocycles. The van der Waals surface area contributed by atoms with Crippen molar-refractivity contribution < 1.29 is 4.79 Å². The van der Waals surface area contributed by atoms with Crippen LogP contribution in [-0.4, -0.2) is 5.91 Å². The third kappa shape index (κ3) is 1.76. The Bertz CT molecular complexity index is 443. The van der Waals surface area contributed by atoms with Crippen LogP contribution in [0.3, 0.4) is 0 Å². The van der Waals surface area contributed by atoms with Crippen molar-refractivity contribution in [1.82, 2.24) is 0 Å². The lowest BCUT2D eigenvalue weighted by Crippen LogP contribution is -2.12. The lowest BCUT2D eigenvalue weighted by Gasteiger charge is -2.13. The lowest BCUT2D eigenvalue weighted by molar-refractivity contribution is -0.117. The zero-order chi connectivity index (χ0) is 11.9. The molecule has 0 aliphatic carbocycles. The smallest absolute Gasteiger partial charge is 0.232 e. The van der Waals surface area contributed by atoms with Gasteiger partial charge in [0.2, 0.25) is 5.91 Å². The summed E-state index contributed by atoms with van der Waals surface area (Å²) in [7, 11) is 0. The molecule has 0 saturated carbocycles. The summed E-state index contributed by atoms with van der Waals surface area (Å²) in [6.45, 7) is 3.94. The molecule has 0 bridgehead atoms. The van der Waals surface area contributed by atoms with E-state index in [-0.39, 0.29) is 17.9 Å². The Morgan fingerprint density at radius 3 is 2.81 bits per heavy atom. The van der Waals surface area contributed by atoms with Gasteiger partial charge in [-0.3, -0.25) is 4.79 Å². The standard InChI is InChI=1S/C12H15BrN2O/c1-3-8-10-5-7(13)4-9(6(2)14)11(10)15-12(8)16/h4-6,8H,3,14H2,1-2H3,(H,15,16). The third-order valence-electron chi connectivity index (χ3n) is 3.00. The zero-order valence-corrected chi connectivity index (χ0v) is 11.0. The molecule has 3 N–H and O–H groups in total. The molecule has 1 aliphatic rings. The summed E-state index contributed by atoms with van der Waals surface area (Å²) in [6, 6.07) is 3.90. The van der Waals surface area contributed by atoms with Crippen LogP contribution in [0.4, 0.5) is 5.69 Å². The minimum atomic E-state index is -0.0813. The van der Waals surface area contributed by atoms with E-state index in [4.69, 9.17) is 5.73 Å². The molecule has 86 valence electrons. The molecule has 1 amide bonds. The predicted octanol–water partition coefficient (Wildman–Crippen LogP) is 2.91. The first-order valence-corrected chi connectivity index (χ1v) is 6.23. The third-order valence-corrected chi connectivity index (χ3v) is 3.46. The molecule has 0 fully saturated rings. The fourth-order valence-corrected chi connectivity index (χ4v) is 2.68. The number of fused-ring (bicyclic) bond motifs is 1. The van der Waals surface area contributed by atoms with Crippen LogP contribution >= 0.6 is 15.9 Å². The highest BCUT2D eigenvalue weighted by Gasteiger charge is 2.31. The van der Waals surface area contributed by atoms with E-state index in [0.717, 1.165) is 27.7 Å². The maximum absolute atomic E-state index is 11.8. The number of hydrogen-bond acceptors (Lipinski definition) is 2. The van der Waals surface area contributed by atoms with Gasteiger partial charge in [-0.1, -0.05) is 22.9 Å². The Kier molecular flexibility index (Phi) is 3.04. The molecule has 0 radical (unpaired) electrons. The van der Waals surface area contributed by atoms with Gasteiger partial charge in [0.25, 0.3) is 0 Å². The molecule has 1 aromatic rings. The number of hydrogen-bond donors (Lipinski definition) is 2. The van der Waals surface area contributed by atoms with Crippen LogP contribution < -0.4 is 11.1 Å². The summed E-state index contributed by atoms with van der Waals surface area (Å²) in [5.74, 6) is 0.0440. The van der Waals surface area contributed by atoms with Crippen LogP contribution in [0.1, 0.15) is 43.4 Å². The Balaban J connectivity index is 2.59. The number of benzene rings is 1. The van der Waals surface area contributed by atoms with Gasteiger partial charge in [-0.25, -0.2) is 0 Å². The second-order valence-corrected chi connectivity index (χ2v) is 5.11. The van der Waals surface area contributed by atoms with Crippen molar-refractivity contribution in [3.63, 3.8) is 0 Å². The fourth-order valence-electron chi connectivity index (χ4n) is 2.18. The number of anilines is 1. The second-order valence-electron chi connectivity index (χ2n) is 4.20. The van der Waals surface area contributed by atoms with Gasteiger partial charge in [0.1, 0.15) is 0 Å². The number of halogens is 1. The first-order valence-electron chi connectivity index (χ1n) is 5.44. The number of carbonyl (C=O) groups excluding carboxylic acids is 1. The number of rotatable bonds is 2. The largest absolute Gasteiger partial charge is 0.325 e. The van der Waals surface area contributed by atoms with Crippen LogP contribution in [0.5, 0.6) is 0 Å². The summed E-state index contributed by atoms with van der Waals surface area (Å²) >= 11 is 3.47. The highest BCUT2D eigenvalue weighted by atomic mass is 79.9. The summed E-state index contributed by atoms with van der Waals surface area (Å²) in [6.07, 6.45) is 0.813. The van der Waals surface area contributed by atoms with Crippen molar-refractivity contribution in [2.45, 2.75) is 32.2 Å². The average molecular weight is 283 g/mol. The maximum atomic E-state index is 11.8. The molecule has 0 saturated heterocycles. The molecular formula is C12H15BrN2O. The van der Waals surface area contributed by atoms with Crippen molar-refractivity contribution in [2.24, 2.45) is 5.73 Å². The number of amides is 1. The van der Waals surface area contributed by atoms with Crippen LogP contribution in [0.2, 0.25) is 0 Å². The minimum Gasteiger partial charge on any atom is -0.325 e. The molecule has 0 spiro atoms. The van der Waals surface area contributed by atoms with Crippen LogP contribution in [-0.2, 0) is 4.79 Å². The molecule has 0 aromatic heterocycles. The van der Waals surface area contributed by atoms with Gasteiger partial charge in [0, 0.05) is 16.2 Å². The van der Waals surface area contributed by atoms with Crippen LogP contribution in [0.25, 0.3) is 0 Å². The normalized spacial score (nSPS) is 20.5. The van der Waals surface area contributed by atoms with E-state index >= 15 is 0 Å². The van der Waals surface area contributed by atoms with Crippen molar-refractivity contribution in [3.8, 4) is 0 Å². The van der Waals surface area contributed by atoms with E-state index in [1.807, 2.05) is 26.0 Å². The van der Waals surface area contributed by atoms with E-state index in [1.54, 1.807) is 0 Å². The highest BCUT2D eigenvalue weighted by Crippen LogP contribution is 2.40. The molecule has 3 nitrogen and oxygen atoms in total. The minimum absolute atomic E-state index is 0.0370. The molecular weight excluding hydrogens is 268 g/mol. The summed E-state index contributed by atoms with van der Waals surface area (Å²) in [5.41, 5.74) is 8.89. The molecule has 2 atom stereocenters. The summed E-state index contributed by atoms with van der Waals surface area (Å²) in [5, 5.41) is 2.94. The van der Waals surface area contributed by atoms with E-state index in [1.165, 1.54) is 0 Å². The Labute approximate surface area is 104 Å². The first kappa shape index (κ1) is 11.6. The van der Waals surface area contributed by atoms with E-state index < -0.39 is 0 Å². The van der Waals surface area contributed by atoms with Crippen molar-refractivity contribution in [1.29, 1.82) is 0 Å². The zero-order valence-electron chi connectivity index (χ0n) is 9.38. The van der Waals surface area contributed by atoms with E-state index in [9.17, 15) is 4.79 Å². The summed E-state index contributed by atoms with van der Waals surface area (Å²) in [4.78, 5) is 11.8. The van der Waals surface area contributed by atoms with Crippen LogP contribution in [0, 0.1) is 0 Å². The number of nitrogens with two attached hydrogens (primary N) is 1. The fraction of sp³-hybridized carbons (Fsp3) is 0.417. The van der Waals surface area contributed by atoms with E-state index in [2.05, 4.69) is 21.2 Å². The van der Waals surface area contributed by atoms with Gasteiger partial charge in [-0.15, -0.1) is 0 Å². The van der Waals surface area contributed by atoms with Gasteiger partial charge >= 0.3 is 0 Å². The molecule has 16 heavy (non-hydrogen) atoms. The molecule has 1 aliphatic heterocycles. The second kappa shape index (κ2) is 4.18. The topological polar surface area (TPSA) is 55.1 Å². The molecule has 2 rings (SSSR count). The number of nitrogens with one attached hydrogen (secondary N) is 1. The quantitative estimate of drug-likeness (QED) is 0.876. The monoisotopic (exact) mass is 282 g/mol. The van der Waals surface area contributed by atoms with Crippen molar-refractivity contribution in [2.75, 3.05) is 5.32 Å². The van der Waals surface area contributed by atoms with Crippen molar-refractivity contribution >= 4 is 27.5 Å². The van der Waals surface area contributed by atoms with Crippen molar-refractivity contribution in [3.05, 3.63) is 27.7 Å². The first-order chi connectivity index (χ1) is 7.54. The predicted molar refractivity (Wildman–Crippen MR) is 68.4 cm³/mol. The van der Waals surface area contributed by atoms with Gasteiger partial charge in [-0.2, -0.15) is 0 Å². The Morgan fingerprint density at radius 2 is 2.25 bits per heavy atom. The SMILES string of the molecule is CCC1C(=O)Nc2c(C(C)N)cc(Br)cc21. The lowest BCUT2D eigenvalue weighted by atomic mass is 9.95. The van der Waals surface area contributed by atoms with Gasteiger partial charge < -0.3 is 11.1 Å². The van der Waals surface area contributed by atoms with Gasteiger partial charge in [0.05, 0.1) is 5.92 Å².